The summed E-state index contributed by atoms with van der Waals surface area (Å²) in [5, 5.41) is 2.36. The van der Waals surface area contributed by atoms with Crippen molar-refractivity contribution in [2.75, 3.05) is 7.11 Å². The number of ether oxygens (including phenoxy) is 1. The Bertz CT molecular complexity index is 959. The van der Waals surface area contributed by atoms with Crippen LogP contribution in [0, 0.1) is 0 Å². The van der Waals surface area contributed by atoms with Gasteiger partial charge in [-0.25, -0.2) is 4.98 Å². The topological polar surface area (TPSA) is 35.3 Å². The molecule has 4 rings (SSSR count). The van der Waals surface area contributed by atoms with Crippen LogP contribution in [-0.2, 0) is 0 Å². The van der Waals surface area contributed by atoms with Crippen LogP contribution in [0.4, 0.5) is 0 Å². The first-order valence-corrected chi connectivity index (χ1v) is 6.61. The van der Waals surface area contributed by atoms with Gasteiger partial charge in [0.1, 0.15) is 22.4 Å². The largest absolute Gasteiger partial charge is 0.494 e. The molecule has 3 nitrogen and oxygen atoms in total. The molecule has 2 aromatic carbocycles. The quantitative estimate of drug-likeness (QED) is 0.503. The fraction of sp³-hybridized carbons (Fsp3) is 0.0625. The minimum absolute atomic E-state index is 0.570. The Morgan fingerprint density at radius 3 is 2.65 bits per heavy atom. The number of aromatic nitrogens is 1. The van der Waals surface area contributed by atoms with Gasteiger partial charge in [0, 0.05) is 10.8 Å². The predicted octanol–water partition coefficient (Wildman–Crippen LogP) is 4.80. The van der Waals surface area contributed by atoms with Crippen LogP contribution in [0.2, 0.25) is 5.02 Å². The van der Waals surface area contributed by atoms with Crippen molar-refractivity contribution in [2.24, 2.45) is 0 Å². The highest BCUT2D eigenvalue weighted by atomic mass is 35.5. The molecule has 4 aromatic rings. The van der Waals surface area contributed by atoms with Gasteiger partial charge in [0.05, 0.1) is 12.1 Å². The van der Waals surface area contributed by atoms with Gasteiger partial charge in [-0.05, 0) is 18.2 Å². The van der Waals surface area contributed by atoms with E-state index in [-0.39, 0.29) is 0 Å². The van der Waals surface area contributed by atoms with Crippen molar-refractivity contribution in [3.05, 3.63) is 47.5 Å². The minimum atomic E-state index is 0.570. The highest BCUT2D eigenvalue weighted by molar-refractivity contribution is 6.40. The van der Waals surface area contributed by atoms with Gasteiger partial charge >= 0.3 is 0 Å². The number of pyridine rings is 1. The number of fused-ring (bicyclic) bond motifs is 4. The first-order valence-electron chi connectivity index (χ1n) is 6.23. The zero-order valence-electron chi connectivity index (χ0n) is 10.7. The summed E-state index contributed by atoms with van der Waals surface area (Å²) in [6, 6.07) is 13.5. The van der Waals surface area contributed by atoms with Crippen LogP contribution >= 0.6 is 11.6 Å². The summed E-state index contributed by atoms with van der Waals surface area (Å²) in [5.74, 6) is 0.705. The third-order valence-electron chi connectivity index (χ3n) is 3.45. The Morgan fingerprint density at radius 1 is 1.00 bits per heavy atom. The van der Waals surface area contributed by atoms with Gasteiger partial charge < -0.3 is 9.15 Å². The van der Waals surface area contributed by atoms with Crippen molar-refractivity contribution in [1.29, 1.82) is 0 Å². The Hall–Kier alpha value is -2.26. The maximum Gasteiger partial charge on any atom is 0.173 e. The molecule has 0 atom stereocenters. The molecule has 0 aliphatic rings. The first kappa shape index (κ1) is 11.6. The van der Waals surface area contributed by atoms with Gasteiger partial charge in [-0.2, -0.15) is 0 Å². The number of methoxy groups -OCH3 is 1. The molecule has 0 aliphatic carbocycles. The standard InChI is InChI=1S/C16H10ClNO2/c1-19-12-8-4-6-10-13(17)16-15(18-14(10)12)9-5-2-3-7-11(9)20-16/h2-8H,1H3. The smallest absolute Gasteiger partial charge is 0.173 e. The maximum atomic E-state index is 6.49. The van der Waals surface area contributed by atoms with E-state index in [2.05, 4.69) is 0 Å². The molecule has 0 unspecified atom stereocenters. The van der Waals surface area contributed by atoms with E-state index in [1.165, 1.54) is 0 Å². The number of furan rings is 1. The van der Waals surface area contributed by atoms with Gasteiger partial charge in [0.15, 0.2) is 5.58 Å². The molecule has 20 heavy (non-hydrogen) atoms. The molecule has 0 saturated heterocycles. The average molecular weight is 284 g/mol. The second-order valence-electron chi connectivity index (χ2n) is 4.56. The predicted molar refractivity (Wildman–Crippen MR) is 80.6 cm³/mol. The monoisotopic (exact) mass is 283 g/mol. The van der Waals surface area contributed by atoms with Gasteiger partial charge in [-0.15, -0.1) is 0 Å². The molecule has 2 aromatic heterocycles. The lowest BCUT2D eigenvalue weighted by molar-refractivity contribution is 0.419. The first-order chi connectivity index (χ1) is 9.79. The molecule has 0 bridgehead atoms. The summed E-state index contributed by atoms with van der Waals surface area (Å²) < 4.78 is 11.2. The highest BCUT2D eigenvalue weighted by Crippen LogP contribution is 2.38. The van der Waals surface area contributed by atoms with Gasteiger partial charge in [0.25, 0.3) is 0 Å². The maximum absolute atomic E-state index is 6.49. The molecule has 4 heteroatoms. The number of benzene rings is 2. The number of rotatable bonds is 1. The Labute approximate surface area is 119 Å². The van der Waals surface area contributed by atoms with Gasteiger partial charge in [-0.3, -0.25) is 0 Å². The molecule has 0 aliphatic heterocycles. The molecule has 0 N–H and O–H groups in total. The molecule has 0 radical (unpaired) electrons. The molecule has 2 heterocycles. The van der Waals surface area contributed by atoms with Gasteiger partial charge in [-0.1, -0.05) is 35.9 Å². The summed E-state index contributed by atoms with van der Waals surface area (Å²) in [7, 11) is 1.63. The molecule has 0 spiro atoms. The summed E-state index contributed by atoms with van der Waals surface area (Å²) in [6.45, 7) is 0. The summed E-state index contributed by atoms with van der Waals surface area (Å²) in [4.78, 5) is 4.69. The normalized spacial score (nSPS) is 11.5. The number of nitrogens with zero attached hydrogens (tertiary/aromatic N) is 1. The van der Waals surface area contributed by atoms with Crippen molar-refractivity contribution in [3.8, 4) is 5.75 Å². The molecule has 98 valence electrons. The van der Waals surface area contributed by atoms with Crippen LogP contribution in [0.1, 0.15) is 0 Å². The van der Waals surface area contributed by atoms with Crippen LogP contribution in [0.5, 0.6) is 5.75 Å². The second-order valence-corrected chi connectivity index (χ2v) is 4.94. The second kappa shape index (κ2) is 4.12. The number of para-hydroxylation sites is 2. The van der Waals surface area contributed by atoms with E-state index in [1.54, 1.807) is 7.11 Å². The summed E-state index contributed by atoms with van der Waals surface area (Å²) in [6.07, 6.45) is 0. The third kappa shape index (κ3) is 1.44. The van der Waals surface area contributed by atoms with Crippen LogP contribution in [0.25, 0.3) is 33.0 Å². The third-order valence-corrected chi connectivity index (χ3v) is 3.82. The van der Waals surface area contributed by atoms with Crippen molar-refractivity contribution in [1.82, 2.24) is 4.98 Å². The van der Waals surface area contributed by atoms with Crippen LogP contribution in [0.15, 0.2) is 46.9 Å². The van der Waals surface area contributed by atoms with Crippen molar-refractivity contribution in [2.45, 2.75) is 0 Å². The molecular formula is C16H10ClNO2. The Balaban J connectivity index is 2.28. The average Bonchev–Trinajstić information content (AvgIpc) is 2.86. The zero-order valence-corrected chi connectivity index (χ0v) is 11.4. The minimum Gasteiger partial charge on any atom is -0.494 e. The van der Waals surface area contributed by atoms with Crippen molar-refractivity contribution >= 4 is 44.6 Å². The van der Waals surface area contributed by atoms with E-state index in [9.17, 15) is 0 Å². The van der Waals surface area contributed by atoms with E-state index in [0.29, 0.717) is 16.4 Å². The molecular weight excluding hydrogens is 274 g/mol. The lowest BCUT2D eigenvalue weighted by Gasteiger charge is -2.05. The fourth-order valence-corrected chi connectivity index (χ4v) is 2.79. The number of hydrogen-bond donors (Lipinski definition) is 0. The van der Waals surface area contributed by atoms with Crippen LogP contribution in [-0.4, -0.2) is 12.1 Å². The zero-order chi connectivity index (χ0) is 13.7. The summed E-state index contributed by atoms with van der Waals surface area (Å²) >= 11 is 6.49. The van der Waals surface area contributed by atoms with Crippen molar-refractivity contribution in [3.63, 3.8) is 0 Å². The molecule has 0 amide bonds. The lowest BCUT2D eigenvalue weighted by atomic mass is 10.1. The highest BCUT2D eigenvalue weighted by Gasteiger charge is 2.16. The van der Waals surface area contributed by atoms with E-state index < -0.39 is 0 Å². The molecule has 0 saturated carbocycles. The van der Waals surface area contributed by atoms with E-state index >= 15 is 0 Å². The number of hydrogen-bond acceptors (Lipinski definition) is 3. The van der Waals surface area contributed by atoms with Crippen molar-refractivity contribution < 1.29 is 9.15 Å². The SMILES string of the molecule is COc1cccc2c(Cl)c3oc4ccccc4c3nc12. The van der Waals surface area contributed by atoms with Crippen LogP contribution < -0.4 is 4.74 Å². The lowest BCUT2D eigenvalue weighted by Crippen LogP contribution is -1.88. The summed E-state index contributed by atoms with van der Waals surface area (Å²) in [5.41, 5.74) is 2.92. The van der Waals surface area contributed by atoms with Crippen LogP contribution in [0.3, 0.4) is 0 Å². The van der Waals surface area contributed by atoms with E-state index in [4.69, 9.17) is 25.7 Å². The number of halogens is 1. The van der Waals surface area contributed by atoms with E-state index in [0.717, 1.165) is 27.4 Å². The van der Waals surface area contributed by atoms with E-state index in [1.807, 2.05) is 42.5 Å². The van der Waals surface area contributed by atoms with Gasteiger partial charge in [0.2, 0.25) is 0 Å². The Kier molecular flexibility index (Phi) is 2.38. The fourth-order valence-electron chi connectivity index (χ4n) is 2.51. The Morgan fingerprint density at radius 2 is 1.80 bits per heavy atom. The molecule has 0 fully saturated rings.